The summed E-state index contributed by atoms with van der Waals surface area (Å²) in [5, 5.41) is 11.9. The van der Waals surface area contributed by atoms with E-state index >= 15 is 0 Å². The molecule has 5 atom stereocenters. The molecule has 1 aliphatic heterocycles. The van der Waals surface area contributed by atoms with Crippen molar-refractivity contribution >= 4 is 11.5 Å². The molecule has 1 saturated heterocycles. The highest BCUT2D eigenvalue weighted by Crippen LogP contribution is 2.66. The Kier molecular flexibility index (Phi) is 5.72. The first-order valence-electron chi connectivity index (χ1n) is 14.0. The second kappa shape index (κ2) is 8.67. The molecule has 0 bridgehead atoms. The molecule has 5 aliphatic rings. The van der Waals surface area contributed by atoms with E-state index in [9.17, 15) is 9.90 Å². The summed E-state index contributed by atoms with van der Waals surface area (Å²) in [6.07, 6.45) is 11.7. The fourth-order valence-corrected chi connectivity index (χ4v) is 8.30. The maximum Gasteiger partial charge on any atom is 0.156 e. The summed E-state index contributed by atoms with van der Waals surface area (Å²) >= 11 is 0. The lowest BCUT2D eigenvalue weighted by Gasteiger charge is -2.53. The molecule has 0 radical (unpaired) electrons. The van der Waals surface area contributed by atoms with Gasteiger partial charge < -0.3 is 10.0 Å². The smallest absolute Gasteiger partial charge is 0.156 e. The zero-order valence-electron chi connectivity index (χ0n) is 21.4. The number of carbonyl (C=O) groups excluding carboxylic acids is 1. The number of benzene rings is 1. The van der Waals surface area contributed by atoms with Crippen molar-refractivity contribution < 1.29 is 9.90 Å². The van der Waals surface area contributed by atoms with Crippen molar-refractivity contribution in [3.05, 3.63) is 52.6 Å². The van der Waals surface area contributed by atoms with E-state index in [2.05, 4.69) is 54.9 Å². The van der Waals surface area contributed by atoms with Crippen molar-refractivity contribution in [3.8, 4) is 11.8 Å². The van der Waals surface area contributed by atoms with Crippen LogP contribution in [-0.2, 0) is 4.79 Å². The molecular formula is C32H39NO2. The molecule has 184 valence electrons. The van der Waals surface area contributed by atoms with E-state index in [4.69, 9.17) is 0 Å². The third-order valence-corrected chi connectivity index (χ3v) is 10.1. The van der Waals surface area contributed by atoms with Crippen LogP contribution in [0.1, 0.15) is 89.5 Å². The largest absolute Gasteiger partial charge is 0.377 e. The van der Waals surface area contributed by atoms with E-state index in [1.54, 1.807) is 5.57 Å². The van der Waals surface area contributed by atoms with Gasteiger partial charge >= 0.3 is 0 Å². The van der Waals surface area contributed by atoms with E-state index < -0.39 is 5.60 Å². The summed E-state index contributed by atoms with van der Waals surface area (Å²) in [7, 11) is 0. The highest BCUT2D eigenvalue weighted by molar-refractivity contribution is 5.93. The second-order valence-corrected chi connectivity index (χ2v) is 11.8. The molecule has 2 saturated carbocycles. The summed E-state index contributed by atoms with van der Waals surface area (Å²) in [5.74, 6) is 8.11. The van der Waals surface area contributed by atoms with Gasteiger partial charge in [-0.15, -0.1) is 5.92 Å². The molecule has 0 aromatic heterocycles. The summed E-state index contributed by atoms with van der Waals surface area (Å²) in [4.78, 5) is 14.8. The van der Waals surface area contributed by atoms with Gasteiger partial charge in [0, 0.05) is 43.0 Å². The van der Waals surface area contributed by atoms with Crippen LogP contribution in [0, 0.1) is 29.1 Å². The van der Waals surface area contributed by atoms with Crippen molar-refractivity contribution in [1.29, 1.82) is 0 Å². The normalized spacial score (nSPS) is 36.2. The number of ketones is 1. The number of allylic oxidation sites excluding steroid dienone is 4. The molecule has 3 heteroatoms. The predicted molar refractivity (Wildman–Crippen MR) is 141 cm³/mol. The predicted octanol–water partition coefficient (Wildman–Crippen LogP) is 6.33. The Labute approximate surface area is 210 Å². The molecule has 1 heterocycles. The van der Waals surface area contributed by atoms with Crippen molar-refractivity contribution in [2.24, 2.45) is 17.3 Å². The van der Waals surface area contributed by atoms with Crippen LogP contribution in [0.5, 0.6) is 0 Å². The number of carbonyl (C=O) groups is 1. The molecule has 0 unspecified atom stereocenters. The number of hydrogen-bond acceptors (Lipinski definition) is 3. The molecule has 4 aliphatic carbocycles. The van der Waals surface area contributed by atoms with Gasteiger partial charge in [0.15, 0.2) is 5.78 Å². The maximum absolute atomic E-state index is 12.3. The number of rotatable bonds is 2. The Hall–Kier alpha value is -2.31. The van der Waals surface area contributed by atoms with E-state index in [0.29, 0.717) is 24.0 Å². The molecule has 0 spiro atoms. The van der Waals surface area contributed by atoms with Crippen molar-refractivity contribution in [2.75, 3.05) is 18.0 Å². The lowest BCUT2D eigenvalue weighted by Crippen LogP contribution is -2.51. The lowest BCUT2D eigenvalue weighted by molar-refractivity contribution is -0.114. The van der Waals surface area contributed by atoms with E-state index in [1.807, 2.05) is 6.08 Å². The molecule has 3 fully saturated rings. The Morgan fingerprint density at radius 2 is 1.86 bits per heavy atom. The van der Waals surface area contributed by atoms with Crippen LogP contribution in [0.15, 0.2) is 47.1 Å². The Morgan fingerprint density at radius 1 is 1.09 bits per heavy atom. The Morgan fingerprint density at radius 3 is 2.60 bits per heavy atom. The SMILES string of the molecule is CCC#C[C@]1(O)CC[C@H]2[C@@H]3CCC4=CC(=O)CCC4=C3[C@@H](c3ccc(N4CCCC4)cc3)C[C@@]21C. The highest BCUT2D eigenvalue weighted by atomic mass is 16.3. The van der Waals surface area contributed by atoms with Gasteiger partial charge in [0.25, 0.3) is 0 Å². The van der Waals surface area contributed by atoms with Crippen molar-refractivity contribution in [1.82, 2.24) is 0 Å². The quantitative estimate of drug-likeness (QED) is 0.515. The highest BCUT2D eigenvalue weighted by Gasteiger charge is 2.62. The summed E-state index contributed by atoms with van der Waals surface area (Å²) in [5.41, 5.74) is 5.96. The average molecular weight is 470 g/mol. The topological polar surface area (TPSA) is 40.5 Å². The van der Waals surface area contributed by atoms with Crippen LogP contribution in [0.4, 0.5) is 5.69 Å². The Balaban J connectivity index is 1.46. The monoisotopic (exact) mass is 469 g/mol. The van der Waals surface area contributed by atoms with Gasteiger partial charge in [-0.3, -0.25) is 4.79 Å². The molecule has 3 nitrogen and oxygen atoms in total. The fraction of sp³-hybridized carbons (Fsp3) is 0.594. The van der Waals surface area contributed by atoms with Crippen molar-refractivity contribution in [2.45, 2.75) is 89.6 Å². The number of fused-ring (bicyclic) bond motifs is 4. The van der Waals surface area contributed by atoms with E-state index in [0.717, 1.165) is 58.0 Å². The number of anilines is 1. The lowest BCUT2D eigenvalue weighted by atomic mass is 9.51. The summed E-state index contributed by atoms with van der Waals surface area (Å²) in [6, 6.07) is 9.34. The molecule has 1 N–H and O–H groups in total. The van der Waals surface area contributed by atoms with Crippen molar-refractivity contribution in [3.63, 3.8) is 0 Å². The molecule has 1 aromatic carbocycles. The minimum Gasteiger partial charge on any atom is -0.377 e. The second-order valence-electron chi connectivity index (χ2n) is 11.8. The van der Waals surface area contributed by atoms with Crippen LogP contribution in [0.3, 0.4) is 0 Å². The number of nitrogens with zero attached hydrogens (tertiary/aromatic N) is 1. The zero-order valence-corrected chi connectivity index (χ0v) is 21.4. The first-order chi connectivity index (χ1) is 16.9. The third-order valence-electron chi connectivity index (χ3n) is 10.1. The van der Waals surface area contributed by atoms with Gasteiger partial charge in [-0.1, -0.05) is 37.5 Å². The van der Waals surface area contributed by atoms with Crippen LogP contribution in [0.25, 0.3) is 0 Å². The zero-order chi connectivity index (χ0) is 24.2. The van der Waals surface area contributed by atoms with Gasteiger partial charge in [0.05, 0.1) is 0 Å². The maximum atomic E-state index is 12.3. The first kappa shape index (κ1) is 23.1. The Bertz CT molecular complexity index is 1140. The standard InChI is InChI=1S/C32H39NO2/c1-3-4-16-32(35)17-15-29-27-13-9-23-20-25(34)12-14-26(23)30(27)28(21-31(29,32)2)22-7-10-24(11-8-22)33-18-5-6-19-33/h7-8,10-11,20,27-29,35H,3,5-6,9,12-15,17-19,21H2,1-2H3/t27-,28+,29-,31-,32-/m0/s1. The molecule has 1 aromatic rings. The van der Waals surface area contributed by atoms with Gasteiger partial charge in [-0.05, 0) is 98.1 Å². The molecule has 35 heavy (non-hydrogen) atoms. The van der Waals surface area contributed by atoms with Gasteiger partial charge in [0.1, 0.15) is 5.60 Å². The van der Waals surface area contributed by atoms with Crippen LogP contribution in [0.2, 0.25) is 0 Å². The number of hydrogen-bond donors (Lipinski definition) is 1. The van der Waals surface area contributed by atoms with Gasteiger partial charge in [-0.25, -0.2) is 0 Å². The van der Waals surface area contributed by atoms with Crippen LogP contribution in [-0.4, -0.2) is 29.6 Å². The van der Waals surface area contributed by atoms with Crippen LogP contribution >= 0.6 is 0 Å². The first-order valence-corrected chi connectivity index (χ1v) is 14.0. The molecular weight excluding hydrogens is 430 g/mol. The number of aliphatic hydroxyl groups is 1. The average Bonchev–Trinajstić information content (AvgIpc) is 3.49. The summed E-state index contributed by atoms with van der Waals surface area (Å²) in [6.45, 7) is 6.72. The third kappa shape index (κ3) is 3.63. The van der Waals surface area contributed by atoms with E-state index in [1.165, 1.54) is 35.2 Å². The van der Waals surface area contributed by atoms with Gasteiger partial charge in [0.2, 0.25) is 0 Å². The minimum absolute atomic E-state index is 0.214. The molecule has 0 amide bonds. The van der Waals surface area contributed by atoms with E-state index in [-0.39, 0.29) is 11.3 Å². The fourth-order valence-electron chi connectivity index (χ4n) is 8.30. The van der Waals surface area contributed by atoms with Gasteiger partial charge in [-0.2, -0.15) is 0 Å². The molecule has 6 rings (SSSR count). The summed E-state index contributed by atoms with van der Waals surface area (Å²) < 4.78 is 0. The minimum atomic E-state index is -0.906. The van der Waals surface area contributed by atoms with Crippen LogP contribution < -0.4 is 4.90 Å².